The molecule has 0 radical (unpaired) electrons. The zero-order chi connectivity index (χ0) is 21.7. The summed E-state index contributed by atoms with van der Waals surface area (Å²) in [7, 11) is 1.34. The summed E-state index contributed by atoms with van der Waals surface area (Å²) in [6, 6.07) is 8.31. The average Bonchev–Trinajstić information content (AvgIpc) is 3.14. The van der Waals surface area contributed by atoms with E-state index in [9.17, 15) is 9.59 Å². The van der Waals surface area contributed by atoms with E-state index in [2.05, 4.69) is 35.4 Å². The number of carbonyl (C=O) groups excluding carboxylic acids is 2. The highest BCUT2D eigenvalue weighted by Crippen LogP contribution is 2.30. The van der Waals surface area contributed by atoms with Gasteiger partial charge in [0.25, 0.3) is 0 Å². The van der Waals surface area contributed by atoms with Crippen molar-refractivity contribution in [2.45, 2.75) is 32.6 Å². The topological polar surface area (TPSA) is 149 Å². The van der Waals surface area contributed by atoms with Gasteiger partial charge in [-0.2, -0.15) is 0 Å². The van der Waals surface area contributed by atoms with Crippen LogP contribution in [0.4, 0.5) is 0 Å². The van der Waals surface area contributed by atoms with Crippen LogP contribution in [0.3, 0.4) is 0 Å². The van der Waals surface area contributed by atoms with E-state index < -0.39 is 5.41 Å². The molecule has 0 saturated carbocycles. The van der Waals surface area contributed by atoms with Crippen LogP contribution in [-0.2, 0) is 14.3 Å². The van der Waals surface area contributed by atoms with E-state index in [-0.39, 0.29) is 25.0 Å². The number of hydrogen-bond donors (Lipinski definition) is 5. The number of aryl methyl sites for hydroxylation is 1. The summed E-state index contributed by atoms with van der Waals surface area (Å²) in [6.07, 6.45) is 4.50. The lowest BCUT2D eigenvalue weighted by molar-refractivity contribution is -0.153. The molecule has 0 aliphatic heterocycles. The van der Waals surface area contributed by atoms with Crippen molar-refractivity contribution in [1.29, 1.82) is 0 Å². The van der Waals surface area contributed by atoms with Crippen LogP contribution in [-0.4, -0.2) is 50.1 Å². The molecule has 1 amide bonds. The number of fused-ring (bicyclic) bond motifs is 1. The van der Waals surface area contributed by atoms with E-state index in [1.807, 2.05) is 12.3 Å². The quantitative estimate of drug-likeness (QED) is 0.375. The fraction of sp³-hybridized carbons (Fsp3) is 0.524. The van der Waals surface area contributed by atoms with Gasteiger partial charge in [0, 0.05) is 23.6 Å². The van der Waals surface area contributed by atoms with Crippen LogP contribution in [0.5, 0.6) is 0 Å². The Morgan fingerprint density at radius 2 is 1.72 bits per heavy atom. The van der Waals surface area contributed by atoms with E-state index in [1.54, 1.807) is 0 Å². The number of aromatic nitrogens is 1. The number of benzene rings is 1. The molecule has 1 heterocycles. The Morgan fingerprint density at radius 1 is 1.10 bits per heavy atom. The lowest BCUT2D eigenvalue weighted by Crippen LogP contribution is -2.45. The molecule has 162 valence electrons. The van der Waals surface area contributed by atoms with Gasteiger partial charge in [-0.1, -0.05) is 18.2 Å². The molecule has 2 rings (SSSR count). The highest BCUT2D eigenvalue weighted by atomic mass is 16.5. The van der Waals surface area contributed by atoms with Gasteiger partial charge in [-0.3, -0.25) is 9.59 Å². The van der Waals surface area contributed by atoms with E-state index in [4.69, 9.17) is 21.9 Å². The van der Waals surface area contributed by atoms with Crippen LogP contribution in [0.1, 0.15) is 31.2 Å². The number of aromatic amines is 1. The minimum atomic E-state index is -0.766. The predicted molar refractivity (Wildman–Crippen MR) is 116 cm³/mol. The van der Waals surface area contributed by atoms with E-state index in [0.29, 0.717) is 38.8 Å². The van der Waals surface area contributed by atoms with Crippen LogP contribution in [0.2, 0.25) is 0 Å². The van der Waals surface area contributed by atoms with Crippen molar-refractivity contribution in [1.82, 2.24) is 10.3 Å². The van der Waals surface area contributed by atoms with Crippen LogP contribution in [0, 0.1) is 12.3 Å². The molecule has 8 N–H and O–H groups in total. The molecular weight excluding hydrogens is 370 g/mol. The second-order valence-corrected chi connectivity index (χ2v) is 7.05. The third kappa shape index (κ3) is 7.49. The number of amides is 1. The molecule has 0 spiro atoms. The molecular formula is C21H35N5O3. The number of methoxy groups -OCH3 is 1. The second kappa shape index (κ2) is 12.9. The first-order valence-corrected chi connectivity index (χ1v) is 9.92. The van der Waals surface area contributed by atoms with Gasteiger partial charge in [0.05, 0.1) is 19.1 Å². The van der Waals surface area contributed by atoms with Crippen molar-refractivity contribution in [2.24, 2.45) is 22.6 Å². The van der Waals surface area contributed by atoms with Crippen molar-refractivity contribution in [2.75, 3.05) is 33.3 Å². The van der Waals surface area contributed by atoms with Crippen LogP contribution >= 0.6 is 0 Å². The Kier molecular flexibility index (Phi) is 11.0. The normalized spacial score (nSPS) is 10.9. The number of hydrogen-bond acceptors (Lipinski definition) is 6. The minimum absolute atomic E-state index is 0.106. The maximum absolute atomic E-state index is 12.1. The van der Waals surface area contributed by atoms with Crippen LogP contribution in [0.25, 0.3) is 10.9 Å². The first-order chi connectivity index (χ1) is 13.9. The van der Waals surface area contributed by atoms with Gasteiger partial charge in [-0.25, -0.2) is 0 Å². The lowest BCUT2D eigenvalue weighted by Gasteiger charge is -2.31. The first-order valence-electron chi connectivity index (χ1n) is 9.92. The van der Waals surface area contributed by atoms with Gasteiger partial charge in [-0.15, -0.1) is 0 Å². The second-order valence-electron chi connectivity index (χ2n) is 7.05. The highest BCUT2D eigenvalue weighted by molar-refractivity contribution is 5.82. The maximum Gasteiger partial charge on any atom is 0.313 e. The molecule has 29 heavy (non-hydrogen) atoms. The Morgan fingerprint density at radius 3 is 2.24 bits per heavy atom. The molecule has 0 bridgehead atoms. The zero-order valence-electron chi connectivity index (χ0n) is 17.5. The molecule has 0 unspecified atom stereocenters. The highest BCUT2D eigenvalue weighted by Gasteiger charge is 2.38. The smallest absolute Gasteiger partial charge is 0.313 e. The Balaban J connectivity index is 0.000000345. The monoisotopic (exact) mass is 405 g/mol. The molecule has 2 aromatic rings. The van der Waals surface area contributed by atoms with Gasteiger partial charge in [0.1, 0.15) is 0 Å². The summed E-state index contributed by atoms with van der Waals surface area (Å²) in [4.78, 5) is 26.5. The maximum atomic E-state index is 12.1. The van der Waals surface area contributed by atoms with Gasteiger partial charge in [0.15, 0.2) is 0 Å². The molecule has 0 saturated heterocycles. The summed E-state index contributed by atoms with van der Waals surface area (Å²) in [5, 5.41) is 3.98. The lowest BCUT2D eigenvalue weighted by atomic mass is 9.78. The number of nitrogens with one attached hydrogen (secondary N) is 2. The number of esters is 1. The van der Waals surface area contributed by atoms with E-state index >= 15 is 0 Å². The number of rotatable bonds is 10. The standard InChI is InChI=1S/C12H26N4O3.C9H9N/c1-19-11(18)12(4-2-6-13,5-3-7-14)9-16-10(17)8-15;1-7-6-10-9-5-3-2-4-8(7)9/h2-9,13-15H2,1H3,(H,16,17);2-6,10H,1H3. The van der Waals surface area contributed by atoms with Crippen molar-refractivity contribution in [3.8, 4) is 0 Å². The molecule has 1 aromatic heterocycles. The van der Waals surface area contributed by atoms with Crippen LogP contribution < -0.4 is 22.5 Å². The summed E-state index contributed by atoms with van der Waals surface area (Å²) in [5.74, 6) is -0.638. The molecule has 8 nitrogen and oxygen atoms in total. The number of nitrogens with two attached hydrogens (primary N) is 3. The Labute approximate surface area is 172 Å². The van der Waals surface area contributed by atoms with E-state index in [0.717, 1.165) is 0 Å². The zero-order valence-corrected chi connectivity index (χ0v) is 17.5. The molecule has 0 atom stereocenters. The number of H-pyrrole nitrogens is 1. The van der Waals surface area contributed by atoms with Crippen molar-refractivity contribution in [3.63, 3.8) is 0 Å². The van der Waals surface area contributed by atoms with Gasteiger partial charge in [-0.05, 0) is 57.3 Å². The fourth-order valence-electron chi connectivity index (χ4n) is 3.23. The Bertz CT molecular complexity index is 752. The number of ether oxygens (including phenoxy) is 1. The summed E-state index contributed by atoms with van der Waals surface area (Å²) in [5.41, 5.74) is 18.0. The van der Waals surface area contributed by atoms with E-state index in [1.165, 1.54) is 23.6 Å². The third-order valence-corrected chi connectivity index (χ3v) is 4.94. The molecule has 8 heteroatoms. The average molecular weight is 406 g/mol. The van der Waals surface area contributed by atoms with Gasteiger partial charge in [0.2, 0.25) is 5.91 Å². The molecule has 0 fully saturated rings. The summed E-state index contributed by atoms with van der Waals surface area (Å²) < 4.78 is 4.87. The fourth-order valence-corrected chi connectivity index (χ4v) is 3.23. The first kappa shape index (κ1) is 24.6. The predicted octanol–water partition coefficient (Wildman–Crippen LogP) is 1.17. The summed E-state index contributed by atoms with van der Waals surface area (Å²) in [6.45, 7) is 3.16. The molecule has 0 aliphatic rings. The van der Waals surface area contributed by atoms with Crippen LogP contribution in [0.15, 0.2) is 30.5 Å². The number of para-hydroxylation sites is 1. The molecule has 1 aromatic carbocycles. The van der Waals surface area contributed by atoms with Crippen molar-refractivity contribution >= 4 is 22.8 Å². The van der Waals surface area contributed by atoms with Gasteiger partial charge < -0.3 is 32.2 Å². The SMILES string of the molecule is COC(=O)C(CCCN)(CCCN)CNC(=O)CN.Cc1c[nH]c2ccccc12. The molecule has 0 aliphatic carbocycles. The summed E-state index contributed by atoms with van der Waals surface area (Å²) >= 11 is 0. The van der Waals surface area contributed by atoms with Gasteiger partial charge >= 0.3 is 5.97 Å². The largest absolute Gasteiger partial charge is 0.469 e. The number of carbonyl (C=O) groups is 2. The Hall–Kier alpha value is -2.42. The minimum Gasteiger partial charge on any atom is -0.469 e. The van der Waals surface area contributed by atoms with Crippen molar-refractivity contribution in [3.05, 3.63) is 36.0 Å². The third-order valence-electron chi connectivity index (χ3n) is 4.94. The van der Waals surface area contributed by atoms with Crippen molar-refractivity contribution < 1.29 is 14.3 Å².